The van der Waals surface area contributed by atoms with Crippen molar-refractivity contribution in [3.05, 3.63) is 24.0 Å². The number of benzene rings is 1. The van der Waals surface area contributed by atoms with Crippen LogP contribution in [0.5, 0.6) is 5.75 Å². The molecule has 2 bridgehead atoms. The Balaban J connectivity index is 1.72. The van der Waals surface area contributed by atoms with Gasteiger partial charge in [0, 0.05) is 6.07 Å². The highest BCUT2D eigenvalue weighted by Gasteiger charge is 2.40. The van der Waals surface area contributed by atoms with Crippen LogP contribution in [0.4, 0.5) is 17.3 Å². The van der Waals surface area contributed by atoms with E-state index in [2.05, 4.69) is 0 Å². The summed E-state index contributed by atoms with van der Waals surface area (Å²) >= 11 is 0. The average Bonchev–Trinajstić information content (AvgIpc) is 2.97. The van der Waals surface area contributed by atoms with Gasteiger partial charge in [0.1, 0.15) is 5.82 Å². The number of ether oxygens (including phenoxy) is 1. The van der Waals surface area contributed by atoms with Gasteiger partial charge in [0.2, 0.25) is 0 Å². The summed E-state index contributed by atoms with van der Waals surface area (Å²) in [6.45, 7) is -4.91. The molecule has 0 aromatic heterocycles. The van der Waals surface area contributed by atoms with Crippen LogP contribution in [0.1, 0.15) is 25.7 Å². The first kappa shape index (κ1) is 13.8. The highest BCUT2D eigenvalue weighted by atomic mass is 19.4. The van der Waals surface area contributed by atoms with E-state index >= 15 is 0 Å². The number of halogens is 4. The van der Waals surface area contributed by atoms with Gasteiger partial charge in [-0.25, -0.2) is 4.39 Å². The summed E-state index contributed by atoms with van der Waals surface area (Å²) in [5.74, 6) is 0.559. The Morgan fingerprint density at radius 3 is 2.55 bits per heavy atom. The van der Waals surface area contributed by atoms with E-state index < -0.39 is 18.3 Å². The van der Waals surface area contributed by atoms with Crippen LogP contribution in [0.3, 0.4) is 0 Å². The second-order valence-electron chi connectivity index (χ2n) is 6.00. The molecular weight excluding hydrogens is 271 g/mol. The number of hydrogen-bond donors (Lipinski definition) is 0. The first-order valence-corrected chi connectivity index (χ1v) is 7.05. The Labute approximate surface area is 115 Å². The largest absolute Gasteiger partial charge is 0.513 e. The summed E-state index contributed by atoms with van der Waals surface area (Å²) in [7, 11) is 0. The summed E-state index contributed by atoms with van der Waals surface area (Å²) in [5.41, 5.74) is -0.838. The lowest BCUT2D eigenvalue weighted by atomic mass is 9.79. The highest BCUT2D eigenvalue weighted by molar-refractivity contribution is 6.74. The van der Waals surface area contributed by atoms with Gasteiger partial charge in [0.05, 0.1) is 12.4 Å². The Bertz CT molecular complexity index is 502. The monoisotopic (exact) mass is 287 g/mol. The minimum absolute atomic E-state index is 0.268. The molecule has 1 aromatic carbocycles. The van der Waals surface area contributed by atoms with Gasteiger partial charge in [-0.1, -0.05) is 17.9 Å². The van der Waals surface area contributed by atoms with Crippen molar-refractivity contribution in [3.63, 3.8) is 0 Å². The molecule has 2 aliphatic carbocycles. The molecule has 0 aliphatic heterocycles. The first-order chi connectivity index (χ1) is 9.43. The van der Waals surface area contributed by atoms with Crippen molar-refractivity contribution in [1.82, 2.24) is 0 Å². The molecule has 6 heteroatoms. The van der Waals surface area contributed by atoms with Crippen molar-refractivity contribution < 1.29 is 22.1 Å². The van der Waals surface area contributed by atoms with Crippen LogP contribution in [0.2, 0.25) is 0 Å². The maximum atomic E-state index is 13.1. The van der Waals surface area contributed by atoms with Gasteiger partial charge < -0.3 is 17.7 Å². The molecule has 0 N–H and O–H groups in total. The third-order valence-corrected chi connectivity index (χ3v) is 4.67. The van der Waals surface area contributed by atoms with Crippen LogP contribution in [0.15, 0.2) is 18.2 Å². The lowest BCUT2D eigenvalue weighted by Gasteiger charge is -2.24. The molecule has 0 amide bonds. The van der Waals surface area contributed by atoms with E-state index in [1.807, 2.05) is 0 Å². The molecule has 2 saturated carbocycles. The van der Waals surface area contributed by atoms with Crippen molar-refractivity contribution in [2.24, 2.45) is 17.8 Å². The number of hydrogen-bond acceptors (Lipinski definition) is 1. The second kappa shape index (κ2) is 4.97. The lowest BCUT2D eigenvalue weighted by molar-refractivity contribution is 0.195. The first-order valence-electron chi connectivity index (χ1n) is 7.05. The average molecular weight is 287 g/mol. The molecule has 110 valence electrons. The van der Waals surface area contributed by atoms with Crippen molar-refractivity contribution in [3.8, 4) is 5.75 Å². The summed E-state index contributed by atoms with van der Waals surface area (Å²) < 4.78 is 57.2. The second-order valence-corrected chi connectivity index (χ2v) is 6.00. The molecule has 2 fully saturated rings. The standard InChI is InChI=1S/C14H16BF4O/c16-12-3-4-13(15(17,18)19)14(7-12)20-8-11-6-9-1-2-10(11)5-9/h3-4,7,9-11H,1-2,5-6,8H2/q-1. The summed E-state index contributed by atoms with van der Waals surface area (Å²) in [6.07, 6.45) is 4.59. The molecule has 3 rings (SSSR count). The van der Waals surface area contributed by atoms with Gasteiger partial charge in [-0.15, -0.1) is 0 Å². The van der Waals surface area contributed by atoms with E-state index in [0.29, 0.717) is 17.8 Å². The topological polar surface area (TPSA) is 9.23 Å². The number of fused-ring (bicyclic) bond motifs is 2. The third kappa shape index (κ3) is 2.65. The predicted octanol–water partition coefficient (Wildman–Crippen LogP) is 3.70. The molecular formula is C14H16BF4O-. The predicted molar refractivity (Wildman–Crippen MR) is 69.5 cm³/mol. The van der Waals surface area contributed by atoms with Gasteiger partial charge in [-0.2, -0.15) is 0 Å². The molecule has 20 heavy (non-hydrogen) atoms. The fraction of sp³-hybridized carbons (Fsp3) is 0.571. The highest BCUT2D eigenvalue weighted by Crippen LogP contribution is 2.48. The SMILES string of the molecule is Fc1ccc([B-](F)(F)F)c(OCC2CC3CCC2C3)c1. The van der Waals surface area contributed by atoms with Gasteiger partial charge >= 0.3 is 6.98 Å². The Hall–Kier alpha value is -1.20. The fourth-order valence-corrected chi connectivity index (χ4v) is 3.68. The van der Waals surface area contributed by atoms with Gasteiger partial charge in [0.15, 0.2) is 0 Å². The zero-order valence-electron chi connectivity index (χ0n) is 11.0. The molecule has 2 aliphatic rings. The molecule has 0 heterocycles. The van der Waals surface area contributed by atoms with Crippen LogP contribution in [-0.2, 0) is 0 Å². The van der Waals surface area contributed by atoms with Crippen LogP contribution in [0, 0.1) is 23.6 Å². The van der Waals surface area contributed by atoms with E-state index in [1.54, 1.807) is 0 Å². The zero-order chi connectivity index (χ0) is 14.3. The van der Waals surface area contributed by atoms with Crippen LogP contribution < -0.4 is 10.2 Å². The quantitative estimate of drug-likeness (QED) is 0.606. The normalized spacial score (nSPS) is 28.9. The fourth-order valence-electron chi connectivity index (χ4n) is 3.68. The lowest BCUT2D eigenvalue weighted by Crippen LogP contribution is -2.36. The third-order valence-electron chi connectivity index (χ3n) is 4.67. The van der Waals surface area contributed by atoms with E-state index in [9.17, 15) is 17.3 Å². The molecule has 1 nitrogen and oxygen atoms in total. The van der Waals surface area contributed by atoms with Gasteiger partial charge in [0.25, 0.3) is 0 Å². The van der Waals surface area contributed by atoms with E-state index in [0.717, 1.165) is 31.0 Å². The summed E-state index contributed by atoms with van der Waals surface area (Å²) in [5, 5.41) is 0. The van der Waals surface area contributed by atoms with E-state index in [1.165, 1.54) is 12.8 Å². The maximum absolute atomic E-state index is 13.1. The van der Waals surface area contributed by atoms with Gasteiger partial charge in [-0.05, 0) is 43.1 Å². The van der Waals surface area contributed by atoms with Crippen molar-refractivity contribution in [2.75, 3.05) is 6.61 Å². The van der Waals surface area contributed by atoms with E-state index in [-0.39, 0.29) is 12.4 Å². The van der Waals surface area contributed by atoms with Crippen LogP contribution in [0.25, 0.3) is 0 Å². The Kier molecular flexibility index (Phi) is 3.42. The molecule has 3 atom stereocenters. The Morgan fingerprint density at radius 2 is 1.95 bits per heavy atom. The molecule has 3 unspecified atom stereocenters. The molecule has 0 radical (unpaired) electrons. The maximum Gasteiger partial charge on any atom is 0.513 e. The van der Waals surface area contributed by atoms with Crippen LogP contribution in [-0.4, -0.2) is 13.6 Å². The van der Waals surface area contributed by atoms with Crippen LogP contribution >= 0.6 is 0 Å². The Morgan fingerprint density at radius 1 is 1.15 bits per heavy atom. The molecule has 0 spiro atoms. The summed E-state index contributed by atoms with van der Waals surface area (Å²) in [4.78, 5) is 0. The zero-order valence-corrected chi connectivity index (χ0v) is 11.0. The van der Waals surface area contributed by atoms with Gasteiger partial charge in [-0.3, -0.25) is 0 Å². The van der Waals surface area contributed by atoms with Crippen molar-refractivity contribution in [1.29, 1.82) is 0 Å². The summed E-state index contributed by atoms with van der Waals surface area (Å²) in [6, 6.07) is 2.44. The van der Waals surface area contributed by atoms with Crippen molar-refractivity contribution in [2.45, 2.75) is 25.7 Å². The molecule has 1 aromatic rings. The minimum atomic E-state index is -5.18. The minimum Gasteiger partial charge on any atom is -0.496 e. The van der Waals surface area contributed by atoms with Crippen molar-refractivity contribution >= 4 is 12.4 Å². The molecule has 0 saturated heterocycles. The van der Waals surface area contributed by atoms with E-state index in [4.69, 9.17) is 4.74 Å². The number of rotatable bonds is 4. The smallest absolute Gasteiger partial charge is 0.496 e.